The van der Waals surface area contributed by atoms with Gasteiger partial charge in [-0.15, -0.1) is 11.8 Å². The number of halogens is 1. The van der Waals surface area contributed by atoms with Crippen LogP contribution in [0.4, 0.5) is 0 Å². The minimum atomic E-state index is -0.383. The second-order valence-electron chi connectivity index (χ2n) is 5.63. The van der Waals surface area contributed by atoms with Crippen LogP contribution in [0.2, 0.25) is 0 Å². The fourth-order valence-corrected chi connectivity index (χ4v) is 3.86. The normalized spacial score (nSPS) is 16.4. The van der Waals surface area contributed by atoms with Gasteiger partial charge in [0.05, 0.1) is 18.4 Å². The first kappa shape index (κ1) is 19.3. The Bertz CT molecular complexity index is 575. The number of ether oxygens (including phenoxy) is 2. The van der Waals surface area contributed by atoms with Crippen molar-refractivity contribution in [1.29, 1.82) is 0 Å². The molecule has 1 heterocycles. The largest absolute Gasteiger partial charge is 0.468 e. The van der Waals surface area contributed by atoms with E-state index in [-0.39, 0.29) is 23.2 Å². The van der Waals surface area contributed by atoms with Crippen LogP contribution in [0.1, 0.15) is 24.8 Å². The van der Waals surface area contributed by atoms with E-state index < -0.39 is 0 Å². The predicted molar refractivity (Wildman–Crippen MR) is 98.0 cm³/mol. The van der Waals surface area contributed by atoms with Gasteiger partial charge in [-0.05, 0) is 30.5 Å². The molecule has 0 aliphatic carbocycles. The Kier molecular flexibility index (Phi) is 7.58. The van der Waals surface area contributed by atoms with Crippen LogP contribution in [0.15, 0.2) is 28.7 Å². The molecule has 2 rings (SSSR count). The Morgan fingerprint density at radius 3 is 2.79 bits per heavy atom. The highest BCUT2D eigenvalue weighted by Crippen LogP contribution is 2.33. The average molecular weight is 416 g/mol. The minimum Gasteiger partial charge on any atom is -0.468 e. The van der Waals surface area contributed by atoms with Crippen molar-refractivity contribution in [3.63, 3.8) is 0 Å². The second kappa shape index (κ2) is 9.44. The molecule has 1 aromatic rings. The lowest BCUT2D eigenvalue weighted by atomic mass is 9.82. The van der Waals surface area contributed by atoms with E-state index in [2.05, 4.69) is 32.0 Å². The minimum absolute atomic E-state index is 0.00533. The number of rotatable bonds is 7. The van der Waals surface area contributed by atoms with Gasteiger partial charge in [-0.3, -0.25) is 9.59 Å². The third-order valence-electron chi connectivity index (χ3n) is 4.02. The molecule has 1 aromatic carbocycles. The summed E-state index contributed by atoms with van der Waals surface area (Å²) in [6.07, 6.45) is 1.88. The second-order valence-corrected chi connectivity index (χ2v) is 7.65. The summed E-state index contributed by atoms with van der Waals surface area (Å²) in [5, 5.41) is 3.21. The van der Waals surface area contributed by atoms with Crippen molar-refractivity contribution < 1.29 is 19.1 Å². The van der Waals surface area contributed by atoms with Crippen LogP contribution in [-0.4, -0.2) is 43.7 Å². The zero-order valence-electron chi connectivity index (χ0n) is 13.7. The van der Waals surface area contributed by atoms with Crippen LogP contribution in [0.25, 0.3) is 0 Å². The molecule has 1 N–H and O–H groups in total. The van der Waals surface area contributed by atoms with E-state index in [1.165, 1.54) is 18.9 Å². The lowest BCUT2D eigenvalue weighted by molar-refractivity contribution is -0.137. The summed E-state index contributed by atoms with van der Waals surface area (Å²) in [6.45, 7) is 1.26. The number of methoxy groups -OCH3 is 1. The lowest BCUT2D eigenvalue weighted by Crippen LogP contribution is -2.49. The molecule has 0 atom stereocenters. The molecule has 7 heteroatoms. The van der Waals surface area contributed by atoms with E-state index in [9.17, 15) is 9.59 Å². The van der Waals surface area contributed by atoms with E-state index in [0.717, 1.165) is 22.9 Å². The molecule has 1 aliphatic rings. The topological polar surface area (TPSA) is 64.6 Å². The van der Waals surface area contributed by atoms with Crippen LogP contribution < -0.4 is 5.32 Å². The Labute approximate surface area is 155 Å². The van der Waals surface area contributed by atoms with Gasteiger partial charge in [0.15, 0.2) is 0 Å². The summed E-state index contributed by atoms with van der Waals surface area (Å²) in [4.78, 5) is 23.5. The summed E-state index contributed by atoms with van der Waals surface area (Å²) in [5.41, 5.74) is 0.710. The van der Waals surface area contributed by atoms with Gasteiger partial charge >= 0.3 is 5.97 Å². The number of benzene rings is 1. The Morgan fingerprint density at radius 1 is 1.38 bits per heavy atom. The number of carbonyl (C=O) groups is 2. The van der Waals surface area contributed by atoms with E-state index >= 15 is 0 Å². The van der Waals surface area contributed by atoms with Gasteiger partial charge in [-0.2, -0.15) is 0 Å². The van der Waals surface area contributed by atoms with E-state index in [1.54, 1.807) is 0 Å². The first-order chi connectivity index (χ1) is 11.6. The van der Waals surface area contributed by atoms with E-state index in [0.29, 0.717) is 25.4 Å². The van der Waals surface area contributed by atoms with Crippen LogP contribution in [0.3, 0.4) is 0 Å². The molecule has 1 aliphatic heterocycles. The molecule has 132 valence electrons. The maximum absolute atomic E-state index is 12.4. The van der Waals surface area contributed by atoms with Crippen LogP contribution >= 0.6 is 27.7 Å². The van der Waals surface area contributed by atoms with Crippen molar-refractivity contribution in [2.75, 3.05) is 31.8 Å². The van der Waals surface area contributed by atoms with Gasteiger partial charge in [0.25, 0.3) is 0 Å². The van der Waals surface area contributed by atoms with Gasteiger partial charge in [0, 0.05) is 29.9 Å². The summed E-state index contributed by atoms with van der Waals surface area (Å²) < 4.78 is 11.1. The van der Waals surface area contributed by atoms with Gasteiger partial charge < -0.3 is 14.8 Å². The molecule has 0 spiro atoms. The van der Waals surface area contributed by atoms with Crippen LogP contribution in [-0.2, 0) is 24.6 Å². The molecule has 5 nitrogen and oxygen atoms in total. The zero-order valence-corrected chi connectivity index (χ0v) is 16.1. The fraction of sp³-hybridized carbons (Fsp3) is 0.529. The SMILES string of the molecule is COC(=O)CSCCC(=O)NC1(c2cccc(Br)c2)CCOCC1. The summed E-state index contributed by atoms with van der Waals surface area (Å²) >= 11 is 4.91. The highest BCUT2D eigenvalue weighted by Gasteiger charge is 2.35. The smallest absolute Gasteiger partial charge is 0.315 e. The first-order valence-corrected chi connectivity index (χ1v) is 9.80. The molecule has 0 unspecified atom stereocenters. The molecule has 0 bridgehead atoms. The third-order valence-corrected chi connectivity index (χ3v) is 5.45. The molecule has 24 heavy (non-hydrogen) atoms. The van der Waals surface area contributed by atoms with Crippen LogP contribution in [0, 0.1) is 0 Å². The highest BCUT2D eigenvalue weighted by molar-refractivity contribution is 9.10. The van der Waals surface area contributed by atoms with Crippen molar-refractivity contribution in [2.24, 2.45) is 0 Å². The van der Waals surface area contributed by atoms with Crippen molar-refractivity contribution in [3.8, 4) is 0 Å². The van der Waals surface area contributed by atoms with Crippen LogP contribution in [0.5, 0.6) is 0 Å². The Balaban J connectivity index is 1.96. The number of carbonyl (C=O) groups excluding carboxylic acids is 2. The summed E-state index contributed by atoms with van der Waals surface area (Å²) in [7, 11) is 1.36. The molecule has 1 saturated heterocycles. The first-order valence-electron chi connectivity index (χ1n) is 7.85. The number of amides is 1. The Morgan fingerprint density at radius 2 is 2.12 bits per heavy atom. The zero-order chi connectivity index (χ0) is 17.4. The molecule has 0 saturated carbocycles. The van der Waals surface area contributed by atoms with Crippen molar-refractivity contribution in [2.45, 2.75) is 24.8 Å². The van der Waals surface area contributed by atoms with Gasteiger partial charge in [0.1, 0.15) is 0 Å². The monoisotopic (exact) mass is 415 g/mol. The molecule has 0 radical (unpaired) electrons. The summed E-state index contributed by atoms with van der Waals surface area (Å²) in [5.74, 6) is 0.588. The number of hydrogen-bond donors (Lipinski definition) is 1. The highest BCUT2D eigenvalue weighted by atomic mass is 79.9. The third kappa shape index (κ3) is 5.50. The maximum Gasteiger partial charge on any atom is 0.315 e. The number of esters is 1. The molecule has 1 fully saturated rings. The molecule has 1 amide bonds. The summed E-state index contributed by atoms with van der Waals surface area (Å²) in [6, 6.07) is 8.05. The van der Waals surface area contributed by atoms with Gasteiger partial charge in [0.2, 0.25) is 5.91 Å². The number of thioether (sulfide) groups is 1. The lowest BCUT2D eigenvalue weighted by Gasteiger charge is -2.38. The van der Waals surface area contributed by atoms with Crippen molar-refractivity contribution >= 4 is 39.6 Å². The standard InChI is InChI=1S/C17H22BrNO4S/c1-22-16(21)12-24-10-5-15(20)19-17(6-8-23-9-7-17)13-3-2-4-14(18)11-13/h2-4,11H,5-10,12H2,1H3,(H,19,20). The van der Waals surface area contributed by atoms with Crippen molar-refractivity contribution in [1.82, 2.24) is 5.32 Å². The van der Waals surface area contributed by atoms with Gasteiger partial charge in [-0.1, -0.05) is 28.1 Å². The molecular formula is C17H22BrNO4S. The fourth-order valence-electron chi connectivity index (χ4n) is 2.70. The quantitative estimate of drug-likeness (QED) is 0.547. The molecular weight excluding hydrogens is 394 g/mol. The van der Waals surface area contributed by atoms with E-state index in [1.807, 2.05) is 18.2 Å². The maximum atomic E-state index is 12.4. The van der Waals surface area contributed by atoms with Gasteiger partial charge in [-0.25, -0.2) is 0 Å². The molecule has 0 aromatic heterocycles. The Hall–Kier alpha value is -1.05. The van der Waals surface area contributed by atoms with Crippen molar-refractivity contribution in [3.05, 3.63) is 34.3 Å². The number of hydrogen-bond acceptors (Lipinski definition) is 5. The number of nitrogens with one attached hydrogen (secondary N) is 1. The average Bonchev–Trinajstić information content (AvgIpc) is 2.59. The van der Waals surface area contributed by atoms with E-state index in [4.69, 9.17) is 4.74 Å². The predicted octanol–water partition coefficient (Wildman–Crippen LogP) is 2.87.